The molecule has 2 unspecified atom stereocenters. The van der Waals surface area contributed by atoms with Gasteiger partial charge in [-0.2, -0.15) is 0 Å². The number of benzene rings is 1. The summed E-state index contributed by atoms with van der Waals surface area (Å²) in [5.74, 6) is 1.19. The van der Waals surface area contributed by atoms with Gasteiger partial charge in [0.2, 0.25) is 13.3 Å². The third-order valence-electron chi connectivity index (χ3n) is 4.35. The standard InChI is InChI=1S/C22H32N3O4P/c1-7-28-30(6,27)20(12-15(2)3)22(26)25-18-13-23-21(24-14-18)17-8-10-19(11-9-17)29-16(4)5/h8-11,13-16,20H,7,12H2,1-6H3,(H,25,26). The Balaban J connectivity index is 2.11. The van der Waals surface area contributed by atoms with Gasteiger partial charge in [0.25, 0.3) is 0 Å². The predicted molar refractivity (Wildman–Crippen MR) is 120 cm³/mol. The molecule has 1 N–H and O–H groups in total. The monoisotopic (exact) mass is 433 g/mol. The average molecular weight is 433 g/mol. The van der Waals surface area contributed by atoms with E-state index in [1.165, 1.54) is 6.66 Å². The van der Waals surface area contributed by atoms with Gasteiger partial charge in [-0.15, -0.1) is 0 Å². The molecule has 164 valence electrons. The summed E-state index contributed by atoms with van der Waals surface area (Å²) in [7, 11) is -3.09. The van der Waals surface area contributed by atoms with Gasteiger partial charge in [0.05, 0.1) is 30.8 Å². The Labute approximate surface area is 179 Å². The van der Waals surface area contributed by atoms with E-state index in [0.29, 0.717) is 24.5 Å². The highest BCUT2D eigenvalue weighted by Crippen LogP contribution is 2.50. The SMILES string of the molecule is CCOP(C)(=O)C(CC(C)C)C(=O)Nc1cnc(-c2ccc(OC(C)C)cc2)nc1. The lowest BCUT2D eigenvalue weighted by Gasteiger charge is -2.24. The molecule has 0 fully saturated rings. The van der Waals surface area contributed by atoms with Crippen LogP contribution in [-0.4, -0.2) is 40.9 Å². The Morgan fingerprint density at radius 3 is 2.20 bits per heavy atom. The molecule has 0 saturated carbocycles. The summed E-state index contributed by atoms with van der Waals surface area (Å²) in [4.78, 5) is 21.5. The van der Waals surface area contributed by atoms with Crippen LogP contribution in [0.1, 0.15) is 41.0 Å². The molecule has 1 aromatic carbocycles. The summed E-state index contributed by atoms with van der Waals surface area (Å²) in [5, 5.41) is 2.79. The van der Waals surface area contributed by atoms with Crippen LogP contribution in [-0.2, 0) is 13.9 Å². The second-order valence-corrected chi connectivity index (χ2v) is 10.6. The highest BCUT2D eigenvalue weighted by atomic mass is 31.2. The molecule has 0 spiro atoms. The molecule has 1 heterocycles. The van der Waals surface area contributed by atoms with Crippen LogP contribution in [0.3, 0.4) is 0 Å². The molecular formula is C22H32N3O4P. The molecule has 0 aliphatic carbocycles. The number of nitrogens with zero attached hydrogens (tertiary/aromatic N) is 2. The zero-order valence-corrected chi connectivity index (χ0v) is 19.5. The molecule has 0 bridgehead atoms. The van der Waals surface area contributed by atoms with Gasteiger partial charge in [-0.1, -0.05) is 13.8 Å². The zero-order valence-electron chi connectivity index (χ0n) is 18.6. The summed E-state index contributed by atoms with van der Waals surface area (Å²) >= 11 is 0. The fraction of sp³-hybridized carbons (Fsp3) is 0.500. The highest BCUT2D eigenvalue weighted by molar-refractivity contribution is 7.60. The maximum absolute atomic E-state index is 12.9. The lowest BCUT2D eigenvalue weighted by atomic mass is 10.1. The van der Waals surface area contributed by atoms with Crippen LogP contribution in [0.4, 0.5) is 5.69 Å². The van der Waals surface area contributed by atoms with Gasteiger partial charge in [0, 0.05) is 12.2 Å². The van der Waals surface area contributed by atoms with Crippen molar-refractivity contribution < 1.29 is 18.6 Å². The van der Waals surface area contributed by atoms with Crippen molar-refractivity contribution in [1.29, 1.82) is 0 Å². The Morgan fingerprint density at radius 2 is 1.70 bits per heavy atom. The number of aromatic nitrogens is 2. The van der Waals surface area contributed by atoms with Gasteiger partial charge in [-0.05, 0) is 57.4 Å². The van der Waals surface area contributed by atoms with E-state index in [4.69, 9.17) is 9.26 Å². The highest BCUT2D eigenvalue weighted by Gasteiger charge is 2.35. The van der Waals surface area contributed by atoms with Crippen LogP contribution < -0.4 is 10.1 Å². The van der Waals surface area contributed by atoms with Gasteiger partial charge in [0.15, 0.2) is 5.82 Å². The molecule has 7 nitrogen and oxygen atoms in total. The van der Waals surface area contributed by atoms with E-state index in [-0.39, 0.29) is 17.9 Å². The fourth-order valence-corrected chi connectivity index (χ4v) is 5.01. The van der Waals surface area contributed by atoms with Gasteiger partial charge in [-0.25, -0.2) is 9.97 Å². The molecule has 0 radical (unpaired) electrons. The van der Waals surface area contributed by atoms with Crippen molar-refractivity contribution in [2.45, 2.75) is 52.8 Å². The van der Waals surface area contributed by atoms with Gasteiger partial charge in [-0.3, -0.25) is 9.36 Å². The van der Waals surface area contributed by atoms with Crippen LogP contribution in [0.2, 0.25) is 0 Å². The topological polar surface area (TPSA) is 90.4 Å². The van der Waals surface area contributed by atoms with Crippen LogP contribution in [0, 0.1) is 5.92 Å². The minimum Gasteiger partial charge on any atom is -0.491 e. The number of ether oxygens (including phenoxy) is 1. The summed E-state index contributed by atoms with van der Waals surface area (Å²) in [6, 6.07) is 7.52. The first kappa shape index (κ1) is 24.0. The van der Waals surface area contributed by atoms with Crippen LogP contribution >= 0.6 is 7.37 Å². The number of rotatable bonds is 10. The molecule has 2 aromatic rings. The minimum absolute atomic E-state index is 0.107. The Kier molecular flexibility index (Phi) is 8.56. The third-order valence-corrected chi connectivity index (χ3v) is 6.70. The Morgan fingerprint density at radius 1 is 1.10 bits per heavy atom. The number of amides is 1. The van der Waals surface area contributed by atoms with Crippen LogP contribution in [0.25, 0.3) is 11.4 Å². The maximum Gasteiger partial charge on any atom is 0.237 e. The molecule has 0 saturated heterocycles. The average Bonchev–Trinajstić information content (AvgIpc) is 2.66. The van der Waals surface area contributed by atoms with Gasteiger partial charge >= 0.3 is 0 Å². The van der Waals surface area contributed by atoms with E-state index in [2.05, 4.69) is 15.3 Å². The molecule has 0 aliphatic rings. The molecule has 30 heavy (non-hydrogen) atoms. The molecule has 0 aliphatic heterocycles. The van der Waals surface area contributed by atoms with Crippen molar-refractivity contribution in [3.63, 3.8) is 0 Å². The Hall–Kier alpha value is -2.24. The largest absolute Gasteiger partial charge is 0.491 e. The number of carbonyl (C=O) groups excluding carboxylic acids is 1. The number of nitrogens with one attached hydrogen (secondary N) is 1. The van der Waals surface area contributed by atoms with Crippen molar-refractivity contribution >= 4 is 19.0 Å². The molecule has 8 heteroatoms. The second-order valence-electron chi connectivity index (χ2n) is 7.95. The first-order chi connectivity index (χ1) is 14.1. The smallest absolute Gasteiger partial charge is 0.237 e. The van der Waals surface area contributed by atoms with E-state index in [1.54, 1.807) is 19.3 Å². The summed E-state index contributed by atoms with van der Waals surface area (Å²) in [6.07, 6.45) is 3.68. The lowest BCUT2D eigenvalue weighted by molar-refractivity contribution is -0.116. The third kappa shape index (κ3) is 6.92. The van der Waals surface area contributed by atoms with E-state index in [0.717, 1.165) is 11.3 Å². The second kappa shape index (κ2) is 10.7. The van der Waals surface area contributed by atoms with E-state index in [9.17, 15) is 9.36 Å². The first-order valence-corrected chi connectivity index (χ1v) is 12.4. The molecule has 1 aromatic heterocycles. The number of hydrogen-bond acceptors (Lipinski definition) is 6. The molecule has 2 atom stereocenters. The lowest BCUT2D eigenvalue weighted by Crippen LogP contribution is -2.30. The van der Waals surface area contributed by atoms with Crippen molar-refractivity contribution in [3.05, 3.63) is 36.7 Å². The predicted octanol–water partition coefficient (Wildman–Crippen LogP) is 5.23. The summed E-state index contributed by atoms with van der Waals surface area (Å²) in [6.45, 7) is 11.5. The van der Waals surface area contributed by atoms with E-state index in [1.807, 2.05) is 52.0 Å². The molecular weight excluding hydrogens is 401 g/mol. The molecule has 2 rings (SSSR count). The van der Waals surface area contributed by atoms with Gasteiger partial charge < -0.3 is 14.6 Å². The summed E-state index contributed by atoms with van der Waals surface area (Å²) < 4.78 is 23.9. The molecule has 1 amide bonds. The fourth-order valence-electron chi connectivity index (χ4n) is 3.03. The number of hydrogen-bond donors (Lipinski definition) is 1. The van der Waals surface area contributed by atoms with Crippen molar-refractivity contribution in [3.8, 4) is 17.1 Å². The van der Waals surface area contributed by atoms with E-state index < -0.39 is 13.0 Å². The first-order valence-electron chi connectivity index (χ1n) is 10.2. The van der Waals surface area contributed by atoms with E-state index >= 15 is 0 Å². The normalized spacial score (nSPS) is 14.4. The zero-order chi connectivity index (χ0) is 22.3. The Bertz CT molecular complexity index is 867. The quantitative estimate of drug-likeness (QED) is 0.516. The van der Waals surface area contributed by atoms with Crippen molar-refractivity contribution in [2.24, 2.45) is 5.92 Å². The van der Waals surface area contributed by atoms with Crippen LogP contribution in [0.15, 0.2) is 36.7 Å². The summed E-state index contributed by atoms with van der Waals surface area (Å²) in [5.41, 5.74) is 0.579. The van der Waals surface area contributed by atoms with Gasteiger partial charge in [0.1, 0.15) is 11.4 Å². The van der Waals surface area contributed by atoms with Crippen molar-refractivity contribution in [2.75, 3.05) is 18.6 Å². The number of carbonyl (C=O) groups is 1. The number of anilines is 1. The maximum atomic E-state index is 12.9. The van der Waals surface area contributed by atoms with Crippen molar-refractivity contribution in [1.82, 2.24) is 9.97 Å². The van der Waals surface area contributed by atoms with Crippen LogP contribution in [0.5, 0.6) is 5.75 Å². The minimum atomic E-state index is -3.09.